The number of nitrogens with zero attached hydrogens (tertiary/aromatic N) is 1. The van der Waals surface area contributed by atoms with Crippen LogP contribution in [0.2, 0.25) is 0 Å². The van der Waals surface area contributed by atoms with E-state index in [0.717, 1.165) is 24.9 Å². The minimum atomic E-state index is -0.0200. The molecule has 0 unspecified atom stereocenters. The number of pyridine rings is 1. The number of fused-ring (bicyclic) bond motifs is 2. The second-order valence-electron chi connectivity index (χ2n) is 8.32. The maximum absolute atomic E-state index is 12.5. The highest BCUT2D eigenvalue weighted by Crippen LogP contribution is 2.54. The minimum Gasteiger partial charge on any atom is -0.462 e. The van der Waals surface area contributed by atoms with Crippen LogP contribution in [0.25, 0.3) is 0 Å². The molecule has 3 aliphatic rings. The first kappa shape index (κ1) is 16.8. The van der Waals surface area contributed by atoms with Crippen LogP contribution in [0.1, 0.15) is 51.5 Å². The molecule has 25 heavy (non-hydrogen) atoms. The fraction of sp³-hybridized carbons (Fsp3) is 0.619. The van der Waals surface area contributed by atoms with E-state index in [4.69, 9.17) is 4.74 Å². The topological polar surface area (TPSA) is 51.2 Å². The van der Waals surface area contributed by atoms with Gasteiger partial charge in [-0.3, -0.25) is 9.78 Å². The van der Waals surface area contributed by atoms with E-state index in [9.17, 15) is 4.79 Å². The molecular formula is C21H28N2O2. The quantitative estimate of drug-likeness (QED) is 0.672. The predicted octanol–water partition coefficient (Wildman–Crippen LogP) is 3.63. The molecular weight excluding hydrogens is 312 g/mol. The van der Waals surface area contributed by atoms with Gasteiger partial charge < -0.3 is 10.1 Å². The third-order valence-electron chi connectivity index (χ3n) is 6.60. The van der Waals surface area contributed by atoms with Crippen LogP contribution >= 0.6 is 0 Å². The lowest BCUT2D eigenvalue weighted by atomic mass is 9.59. The highest BCUT2D eigenvalue weighted by molar-refractivity contribution is 5.76. The van der Waals surface area contributed by atoms with E-state index < -0.39 is 0 Å². The number of allylic oxidation sites excluding steroid dienone is 2. The summed E-state index contributed by atoms with van der Waals surface area (Å²) < 4.78 is 5.82. The number of hydrogen-bond donors (Lipinski definition) is 1. The van der Waals surface area contributed by atoms with Gasteiger partial charge in [0.15, 0.2) is 0 Å². The zero-order chi connectivity index (χ0) is 17.4. The Bertz CT molecular complexity index is 684. The van der Waals surface area contributed by atoms with E-state index in [0.29, 0.717) is 12.5 Å². The minimum absolute atomic E-state index is 0.00538. The lowest BCUT2D eigenvalue weighted by molar-refractivity contribution is -0.145. The van der Waals surface area contributed by atoms with Crippen LogP contribution < -0.4 is 5.32 Å². The van der Waals surface area contributed by atoms with Gasteiger partial charge in [0.25, 0.3) is 0 Å². The van der Waals surface area contributed by atoms with Gasteiger partial charge in [-0.15, -0.1) is 0 Å². The molecule has 1 aromatic heterocycles. The van der Waals surface area contributed by atoms with Gasteiger partial charge in [0.1, 0.15) is 6.10 Å². The molecule has 0 aromatic carbocycles. The van der Waals surface area contributed by atoms with Crippen molar-refractivity contribution >= 4 is 5.97 Å². The first-order chi connectivity index (χ1) is 12.1. The van der Waals surface area contributed by atoms with E-state index in [1.165, 1.54) is 19.3 Å². The number of hydrogen-bond acceptors (Lipinski definition) is 4. The summed E-state index contributed by atoms with van der Waals surface area (Å²) in [4.78, 5) is 16.6. The summed E-state index contributed by atoms with van der Waals surface area (Å²) in [5, 5.41) is 3.44. The Hall–Kier alpha value is -1.68. The van der Waals surface area contributed by atoms with Gasteiger partial charge in [-0.25, -0.2) is 0 Å². The molecule has 1 aromatic rings. The molecule has 4 heteroatoms. The molecule has 0 spiro atoms. The zero-order valence-electron chi connectivity index (χ0n) is 15.3. The van der Waals surface area contributed by atoms with Crippen LogP contribution in [0.4, 0.5) is 0 Å². The van der Waals surface area contributed by atoms with E-state index >= 15 is 0 Å². The number of carbonyl (C=O) groups is 1. The second kappa shape index (κ2) is 6.56. The molecule has 2 aliphatic carbocycles. The van der Waals surface area contributed by atoms with Gasteiger partial charge in [-0.1, -0.05) is 24.1 Å². The molecule has 2 fully saturated rings. The van der Waals surface area contributed by atoms with Crippen molar-refractivity contribution in [2.24, 2.45) is 17.3 Å². The van der Waals surface area contributed by atoms with Crippen LogP contribution in [0, 0.1) is 17.3 Å². The van der Waals surface area contributed by atoms with E-state index in [2.05, 4.69) is 30.2 Å². The van der Waals surface area contributed by atoms with Crippen LogP contribution in [-0.2, 0) is 16.1 Å². The van der Waals surface area contributed by atoms with E-state index in [1.807, 2.05) is 12.3 Å². The molecule has 2 heterocycles. The van der Waals surface area contributed by atoms with Crippen molar-refractivity contribution in [2.75, 3.05) is 6.54 Å². The smallest absolute Gasteiger partial charge is 0.310 e. The van der Waals surface area contributed by atoms with Crippen LogP contribution in [0.3, 0.4) is 0 Å². The predicted molar refractivity (Wildman–Crippen MR) is 96.7 cm³/mol. The number of aromatic nitrogens is 1. The van der Waals surface area contributed by atoms with Crippen molar-refractivity contribution < 1.29 is 9.53 Å². The first-order valence-electron chi connectivity index (χ1n) is 9.56. The number of ether oxygens (including phenoxy) is 1. The largest absolute Gasteiger partial charge is 0.462 e. The second-order valence-corrected chi connectivity index (χ2v) is 8.32. The summed E-state index contributed by atoms with van der Waals surface area (Å²) in [6.45, 7) is 6.11. The Morgan fingerprint density at radius 3 is 3.12 bits per heavy atom. The summed E-state index contributed by atoms with van der Waals surface area (Å²) in [5.74, 6) is 0.313. The number of carbonyl (C=O) groups excluding carboxylic acids is 1. The normalized spacial score (nSPS) is 34.5. The zero-order valence-corrected chi connectivity index (χ0v) is 15.3. The number of esters is 1. The van der Waals surface area contributed by atoms with Crippen molar-refractivity contribution in [2.45, 2.75) is 58.6 Å². The molecule has 4 rings (SSSR count). The maximum atomic E-state index is 12.5. The number of rotatable bonds is 4. The Morgan fingerprint density at radius 1 is 1.44 bits per heavy atom. The third-order valence-corrected chi connectivity index (χ3v) is 6.60. The van der Waals surface area contributed by atoms with Crippen molar-refractivity contribution in [1.82, 2.24) is 10.3 Å². The fourth-order valence-electron chi connectivity index (χ4n) is 5.22. The summed E-state index contributed by atoms with van der Waals surface area (Å²) >= 11 is 0. The third kappa shape index (κ3) is 3.12. The van der Waals surface area contributed by atoms with Gasteiger partial charge in [0, 0.05) is 31.4 Å². The van der Waals surface area contributed by atoms with E-state index in [-0.39, 0.29) is 23.4 Å². The molecule has 1 saturated heterocycles. The monoisotopic (exact) mass is 340 g/mol. The molecule has 4 nitrogen and oxygen atoms in total. The Morgan fingerprint density at radius 2 is 2.32 bits per heavy atom. The van der Waals surface area contributed by atoms with Crippen molar-refractivity contribution in [3.63, 3.8) is 0 Å². The maximum Gasteiger partial charge on any atom is 0.310 e. The van der Waals surface area contributed by atoms with Crippen molar-refractivity contribution in [3.8, 4) is 0 Å². The summed E-state index contributed by atoms with van der Waals surface area (Å²) in [5.41, 5.74) is 4.58. The summed E-state index contributed by atoms with van der Waals surface area (Å²) in [7, 11) is 0. The molecule has 0 amide bonds. The molecule has 1 N–H and O–H groups in total. The Balaban J connectivity index is 1.45. The summed E-state index contributed by atoms with van der Waals surface area (Å²) in [6, 6.07) is 4.00. The van der Waals surface area contributed by atoms with Gasteiger partial charge in [0.2, 0.25) is 0 Å². The van der Waals surface area contributed by atoms with Crippen LogP contribution in [-0.4, -0.2) is 23.6 Å². The number of nitrogens with one attached hydrogen (secondary N) is 1. The average Bonchev–Trinajstić information content (AvgIpc) is 2.88. The Labute approximate surface area is 150 Å². The van der Waals surface area contributed by atoms with Gasteiger partial charge in [-0.2, -0.15) is 0 Å². The molecule has 4 atom stereocenters. The van der Waals surface area contributed by atoms with Crippen LogP contribution in [0.15, 0.2) is 35.7 Å². The standard InChI is InChI=1S/C21H28N2O2/c1-14-5-3-7-21(2)10-19-16(9-18(14)21)17(20(24)25-19)13-23-12-15-6-4-8-22-11-15/h4,6,8,11,16-17,19,23H,3,5,7,9-10,12-13H2,1-2H3/t16-,17-,19-,21-/m1/s1. The molecule has 1 aliphatic heterocycles. The first-order valence-corrected chi connectivity index (χ1v) is 9.56. The molecule has 0 bridgehead atoms. The summed E-state index contributed by atoms with van der Waals surface area (Å²) in [6.07, 6.45) is 9.54. The molecule has 0 radical (unpaired) electrons. The van der Waals surface area contributed by atoms with E-state index in [1.54, 1.807) is 17.3 Å². The average molecular weight is 340 g/mol. The van der Waals surface area contributed by atoms with Crippen molar-refractivity contribution in [3.05, 3.63) is 41.2 Å². The van der Waals surface area contributed by atoms with Crippen molar-refractivity contribution in [1.29, 1.82) is 0 Å². The lowest BCUT2D eigenvalue weighted by Gasteiger charge is -2.45. The molecule has 1 saturated carbocycles. The molecule has 134 valence electrons. The lowest BCUT2D eigenvalue weighted by Crippen LogP contribution is -2.40. The van der Waals surface area contributed by atoms with Gasteiger partial charge in [0.05, 0.1) is 5.92 Å². The van der Waals surface area contributed by atoms with Crippen LogP contribution in [0.5, 0.6) is 0 Å². The SMILES string of the molecule is CC1=C2C[C@H]3[C@@H](C[C@@]2(C)CCC1)OC(=O)[C@@H]3CNCc1cccnc1. The van der Waals surface area contributed by atoms with Gasteiger partial charge in [-0.05, 0) is 56.1 Å². The Kier molecular flexibility index (Phi) is 4.40. The van der Waals surface area contributed by atoms with Gasteiger partial charge >= 0.3 is 5.97 Å². The highest BCUT2D eigenvalue weighted by atomic mass is 16.6. The highest BCUT2D eigenvalue weighted by Gasteiger charge is 2.52. The fourth-order valence-corrected chi connectivity index (χ4v) is 5.22.